The Labute approximate surface area is 217 Å². The van der Waals surface area contributed by atoms with Crippen molar-refractivity contribution in [1.29, 1.82) is 0 Å². The molecule has 1 heterocycles. The van der Waals surface area contributed by atoms with Crippen molar-refractivity contribution in [3.8, 4) is 0 Å². The fourth-order valence-corrected chi connectivity index (χ4v) is 3.57. The Morgan fingerprint density at radius 2 is 1.32 bits per heavy atom. The maximum atomic E-state index is 12.2. The third-order valence-corrected chi connectivity index (χ3v) is 5.29. The lowest BCUT2D eigenvalue weighted by Gasteiger charge is -2.26. The van der Waals surface area contributed by atoms with E-state index in [-0.39, 0.29) is 28.5 Å². The van der Waals surface area contributed by atoms with Crippen LogP contribution in [-0.4, -0.2) is 41.0 Å². The van der Waals surface area contributed by atoms with Crippen molar-refractivity contribution in [2.45, 2.75) is 0 Å². The Morgan fingerprint density at radius 3 is 1.79 bits per heavy atom. The van der Waals surface area contributed by atoms with E-state index in [9.17, 15) is 19.7 Å². The molecular weight excluding hydrogens is 492 g/mol. The minimum absolute atomic E-state index is 0.0345. The predicted octanol–water partition coefficient (Wildman–Crippen LogP) is 4.87. The normalized spacial score (nSPS) is 10.3. The van der Waals surface area contributed by atoms with Crippen molar-refractivity contribution in [3.05, 3.63) is 106 Å². The van der Waals surface area contributed by atoms with Crippen LogP contribution in [0.1, 0.15) is 20.7 Å². The summed E-state index contributed by atoms with van der Waals surface area (Å²) >= 11 is 0. The van der Waals surface area contributed by atoms with Gasteiger partial charge in [-0.05, 0) is 42.5 Å². The molecule has 4 aromatic rings. The van der Waals surface area contributed by atoms with E-state index in [1.54, 1.807) is 5.01 Å². The van der Waals surface area contributed by atoms with Gasteiger partial charge in [-0.3, -0.25) is 20.5 Å². The molecule has 0 amide bonds. The van der Waals surface area contributed by atoms with Gasteiger partial charge in [-0.15, -0.1) is 0 Å². The smallest absolute Gasteiger partial charge is 0.355 e. The van der Waals surface area contributed by atoms with Gasteiger partial charge in [-0.2, -0.15) is 0 Å². The summed E-state index contributed by atoms with van der Waals surface area (Å²) in [7, 11) is 2.39. The molecule has 12 heteroatoms. The number of hydrogen-bond acceptors (Lipinski definition) is 11. The predicted molar refractivity (Wildman–Crippen MR) is 140 cm³/mol. The molecule has 4 rings (SSSR count). The minimum Gasteiger partial charge on any atom is -0.465 e. The summed E-state index contributed by atoms with van der Waals surface area (Å²) in [6.07, 6.45) is 1.15. The highest BCUT2D eigenvalue weighted by Gasteiger charge is 2.26. The molecule has 0 aliphatic rings. The van der Waals surface area contributed by atoms with Gasteiger partial charge in [0, 0.05) is 5.69 Å². The average Bonchev–Trinajstić information content (AvgIpc) is 2.95. The Morgan fingerprint density at radius 1 is 0.816 bits per heavy atom. The first-order chi connectivity index (χ1) is 18.4. The number of nitrogens with one attached hydrogen (secondary N) is 2. The first-order valence-electron chi connectivity index (χ1n) is 11.2. The van der Waals surface area contributed by atoms with Gasteiger partial charge < -0.3 is 14.8 Å². The topological polar surface area (TPSA) is 149 Å². The minimum atomic E-state index is -0.709. The van der Waals surface area contributed by atoms with Crippen LogP contribution in [0.3, 0.4) is 0 Å². The number of anilines is 5. The van der Waals surface area contributed by atoms with Crippen LogP contribution in [0.2, 0.25) is 0 Å². The largest absolute Gasteiger partial charge is 0.465 e. The van der Waals surface area contributed by atoms with Crippen molar-refractivity contribution in [2.24, 2.45) is 0 Å². The second kappa shape index (κ2) is 11.5. The monoisotopic (exact) mass is 514 g/mol. The molecule has 0 radical (unpaired) electrons. The molecule has 0 fully saturated rings. The fourth-order valence-electron chi connectivity index (χ4n) is 3.57. The number of esters is 2. The van der Waals surface area contributed by atoms with E-state index in [0.29, 0.717) is 11.4 Å². The number of aromatic nitrogens is 2. The SMILES string of the molecule is COC(=O)c1cc(Nc2ncnc(NN(c3ccccc3)c3ccccc3)c2[N+](=O)[O-])cc(C(=O)OC)c1. The molecule has 1 aromatic heterocycles. The Bertz CT molecular complexity index is 1390. The van der Waals surface area contributed by atoms with Gasteiger partial charge >= 0.3 is 17.6 Å². The Balaban J connectivity index is 1.77. The lowest BCUT2D eigenvalue weighted by Crippen LogP contribution is -2.26. The molecule has 3 aromatic carbocycles. The third-order valence-electron chi connectivity index (χ3n) is 5.29. The van der Waals surface area contributed by atoms with E-state index >= 15 is 0 Å². The van der Waals surface area contributed by atoms with E-state index in [0.717, 1.165) is 6.33 Å². The first-order valence-corrected chi connectivity index (χ1v) is 11.2. The van der Waals surface area contributed by atoms with E-state index in [1.165, 1.54) is 32.4 Å². The van der Waals surface area contributed by atoms with Crippen molar-refractivity contribution in [3.63, 3.8) is 0 Å². The highest BCUT2D eigenvalue weighted by atomic mass is 16.6. The number of nitrogens with zero attached hydrogens (tertiary/aromatic N) is 4. The first kappa shape index (κ1) is 25.6. The van der Waals surface area contributed by atoms with Crippen LogP contribution < -0.4 is 15.8 Å². The van der Waals surface area contributed by atoms with Crippen LogP contribution >= 0.6 is 0 Å². The summed E-state index contributed by atoms with van der Waals surface area (Å²) in [6, 6.07) is 22.4. The molecule has 0 bridgehead atoms. The van der Waals surface area contributed by atoms with Gasteiger partial charge in [0.15, 0.2) is 0 Å². The zero-order valence-corrected chi connectivity index (χ0v) is 20.3. The number of para-hydroxylation sites is 2. The molecule has 12 nitrogen and oxygen atoms in total. The second-order valence-corrected chi connectivity index (χ2v) is 7.70. The number of carbonyl (C=O) groups is 2. The zero-order valence-electron chi connectivity index (χ0n) is 20.3. The van der Waals surface area contributed by atoms with Crippen molar-refractivity contribution in [1.82, 2.24) is 9.97 Å². The van der Waals surface area contributed by atoms with Crippen molar-refractivity contribution < 1.29 is 24.0 Å². The standard InChI is InChI=1S/C26H22N6O6/c1-37-25(33)17-13-18(26(34)38-2)15-19(14-17)29-23-22(32(35)36)24(28-16-27-23)30-31(20-9-5-3-6-10-20)21-11-7-4-8-12-21/h3-16H,1-2H3,(H2,27,28,29,30). The van der Waals surface area contributed by atoms with Crippen LogP contribution in [0.15, 0.2) is 85.2 Å². The van der Waals surface area contributed by atoms with E-state index in [4.69, 9.17) is 9.47 Å². The second-order valence-electron chi connectivity index (χ2n) is 7.70. The third kappa shape index (κ3) is 5.65. The molecule has 0 saturated carbocycles. The van der Waals surface area contributed by atoms with Crippen LogP contribution in [0.25, 0.3) is 0 Å². The zero-order chi connectivity index (χ0) is 27.1. The van der Waals surface area contributed by atoms with Gasteiger partial charge in [0.25, 0.3) is 0 Å². The fraction of sp³-hybridized carbons (Fsp3) is 0.0769. The maximum absolute atomic E-state index is 12.2. The maximum Gasteiger partial charge on any atom is 0.355 e. The lowest BCUT2D eigenvalue weighted by atomic mass is 10.1. The van der Waals surface area contributed by atoms with Crippen molar-refractivity contribution >= 4 is 46.3 Å². The van der Waals surface area contributed by atoms with E-state index < -0.39 is 22.5 Å². The number of benzene rings is 3. The molecule has 2 N–H and O–H groups in total. The number of methoxy groups -OCH3 is 2. The molecule has 0 spiro atoms. The van der Waals surface area contributed by atoms with Gasteiger partial charge in [0.2, 0.25) is 11.6 Å². The number of nitro groups is 1. The number of carbonyl (C=O) groups excluding carboxylic acids is 2. The lowest BCUT2D eigenvalue weighted by molar-refractivity contribution is -0.383. The molecular formula is C26H22N6O6. The number of hydrogen-bond donors (Lipinski definition) is 2. The van der Waals surface area contributed by atoms with Crippen molar-refractivity contribution in [2.75, 3.05) is 30.0 Å². The summed E-state index contributed by atoms with van der Waals surface area (Å²) in [4.78, 5) is 44.0. The summed E-state index contributed by atoms with van der Waals surface area (Å²) < 4.78 is 9.50. The molecule has 192 valence electrons. The summed E-state index contributed by atoms with van der Waals surface area (Å²) in [5.41, 5.74) is 4.20. The highest BCUT2D eigenvalue weighted by Crippen LogP contribution is 2.34. The van der Waals surface area contributed by atoms with E-state index in [1.807, 2.05) is 60.7 Å². The average molecular weight is 514 g/mol. The Kier molecular flexibility index (Phi) is 7.72. The summed E-state index contributed by atoms with van der Waals surface area (Å²) in [5.74, 6) is -1.69. The molecule has 38 heavy (non-hydrogen) atoms. The molecule has 0 atom stereocenters. The molecule has 0 aliphatic carbocycles. The van der Waals surface area contributed by atoms with E-state index in [2.05, 4.69) is 20.7 Å². The summed E-state index contributed by atoms with van der Waals surface area (Å²) in [5, 5.41) is 16.7. The van der Waals surface area contributed by atoms with Gasteiger partial charge in [-0.1, -0.05) is 36.4 Å². The van der Waals surface area contributed by atoms with Crippen LogP contribution in [0.4, 0.5) is 34.4 Å². The number of rotatable bonds is 9. The van der Waals surface area contributed by atoms with Crippen LogP contribution in [-0.2, 0) is 9.47 Å². The quantitative estimate of drug-likeness (QED) is 0.179. The van der Waals surface area contributed by atoms with Crippen LogP contribution in [0.5, 0.6) is 0 Å². The van der Waals surface area contributed by atoms with Gasteiger partial charge in [0.05, 0.1) is 41.6 Å². The Hall–Kier alpha value is -5.52. The number of ether oxygens (including phenoxy) is 2. The van der Waals surface area contributed by atoms with Gasteiger partial charge in [0.1, 0.15) is 6.33 Å². The molecule has 0 unspecified atom stereocenters. The number of hydrazine groups is 1. The summed E-state index contributed by atoms with van der Waals surface area (Å²) in [6.45, 7) is 0. The molecule has 0 aliphatic heterocycles. The van der Waals surface area contributed by atoms with Crippen LogP contribution in [0, 0.1) is 10.1 Å². The van der Waals surface area contributed by atoms with Gasteiger partial charge in [-0.25, -0.2) is 19.6 Å². The molecule has 0 saturated heterocycles. The highest BCUT2D eigenvalue weighted by molar-refractivity contribution is 5.97.